The molecule has 24 heavy (non-hydrogen) atoms. The van der Waals surface area contributed by atoms with Gasteiger partial charge in [0.2, 0.25) is 0 Å². The van der Waals surface area contributed by atoms with Crippen LogP contribution in [0.5, 0.6) is 5.75 Å². The van der Waals surface area contributed by atoms with E-state index in [1.54, 1.807) is 13.2 Å². The van der Waals surface area contributed by atoms with Gasteiger partial charge in [-0.05, 0) is 42.7 Å². The van der Waals surface area contributed by atoms with Gasteiger partial charge in [0, 0.05) is 38.1 Å². The van der Waals surface area contributed by atoms with E-state index in [0.29, 0.717) is 18.0 Å². The van der Waals surface area contributed by atoms with Gasteiger partial charge < -0.3 is 20.3 Å². The van der Waals surface area contributed by atoms with E-state index in [4.69, 9.17) is 4.74 Å². The number of ether oxygens (including phenoxy) is 1. The predicted molar refractivity (Wildman–Crippen MR) is 99.1 cm³/mol. The number of urea groups is 1. The van der Waals surface area contributed by atoms with Crippen molar-refractivity contribution in [1.29, 1.82) is 0 Å². The first kappa shape index (κ1) is 17.7. The molecule has 5 nitrogen and oxygen atoms in total. The maximum absolute atomic E-state index is 11.9. The van der Waals surface area contributed by atoms with Crippen LogP contribution in [0.15, 0.2) is 48.5 Å². The minimum absolute atomic E-state index is 0.203. The van der Waals surface area contributed by atoms with Crippen LogP contribution in [0.2, 0.25) is 0 Å². The number of benzene rings is 2. The average Bonchev–Trinajstić information content (AvgIpc) is 2.59. The van der Waals surface area contributed by atoms with E-state index >= 15 is 0 Å². The van der Waals surface area contributed by atoms with Crippen molar-refractivity contribution in [3.63, 3.8) is 0 Å². The van der Waals surface area contributed by atoms with Crippen molar-refractivity contribution < 1.29 is 9.53 Å². The Morgan fingerprint density at radius 1 is 1.12 bits per heavy atom. The van der Waals surface area contributed by atoms with Crippen LogP contribution in [0.4, 0.5) is 16.2 Å². The standard InChI is InChI=1S/C19H25N3O2/c1-22(2)17-11-9-15(10-12-17)6-5-13-20-19(23)21-16-7-4-8-18(14-16)24-3/h4,7-12,14H,5-6,13H2,1-3H3,(H2,20,21,23). The molecule has 0 bridgehead atoms. The normalized spacial score (nSPS) is 10.1. The molecule has 0 fully saturated rings. The Labute approximate surface area is 143 Å². The summed E-state index contributed by atoms with van der Waals surface area (Å²) in [4.78, 5) is 14.0. The number of aryl methyl sites for hydroxylation is 1. The van der Waals surface area contributed by atoms with E-state index in [1.807, 2.05) is 32.3 Å². The van der Waals surface area contributed by atoms with E-state index in [9.17, 15) is 4.79 Å². The molecule has 128 valence electrons. The van der Waals surface area contributed by atoms with Crippen LogP contribution >= 0.6 is 0 Å². The number of nitrogens with zero attached hydrogens (tertiary/aromatic N) is 1. The van der Waals surface area contributed by atoms with Crippen LogP contribution < -0.4 is 20.3 Å². The molecular weight excluding hydrogens is 302 g/mol. The van der Waals surface area contributed by atoms with Gasteiger partial charge in [-0.2, -0.15) is 0 Å². The minimum Gasteiger partial charge on any atom is -0.497 e. The van der Waals surface area contributed by atoms with Gasteiger partial charge in [0.05, 0.1) is 7.11 Å². The second kappa shape index (κ2) is 8.82. The topological polar surface area (TPSA) is 53.6 Å². The van der Waals surface area contributed by atoms with Crippen LogP contribution in [0.25, 0.3) is 0 Å². The maximum atomic E-state index is 11.9. The first-order valence-electron chi connectivity index (χ1n) is 8.03. The summed E-state index contributed by atoms with van der Waals surface area (Å²) in [7, 11) is 5.66. The molecule has 0 spiro atoms. The number of anilines is 2. The Morgan fingerprint density at radius 3 is 2.54 bits per heavy atom. The molecule has 0 radical (unpaired) electrons. The molecule has 0 atom stereocenters. The lowest BCUT2D eigenvalue weighted by Crippen LogP contribution is -2.29. The third-order valence-corrected chi connectivity index (χ3v) is 3.71. The van der Waals surface area contributed by atoms with E-state index in [1.165, 1.54) is 11.3 Å². The van der Waals surface area contributed by atoms with Gasteiger partial charge in [0.1, 0.15) is 5.75 Å². The molecule has 0 unspecified atom stereocenters. The smallest absolute Gasteiger partial charge is 0.319 e. The summed E-state index contributed by atoms with van der Waals surface area (Å²) in [5, 5.41) is 5.67. The zero-order valence-electron chi connectivity index (χ0n) is 14.5. The number of methoxy groups -OCH3 is 1. The van der Waals surface area contributed by atoms with Crippen molar-refractivity contribution in [2.75, 3.05) is 38.0 Å². The molecule has 2 rings (SSSR count). The lowest BCUT2D eigenvalue weighted by molar-refractivity contribution is 0.252. The van der Waals surface area contributed by atoms with Crippen molar-refractivity contribution in [1.82, 2.24) is 5.32 Å². The molecule has 2 aromatic carbocycles. The molecule has 0 aromatic heterocycles. The average molecular weight is 327 g/mol. The largest absolute Gasteiger partial charge is 0.497 e. The van der Waals surface area contributed by atoms with Gasteiger partial charge in [0.15, 0.2) is 0 Å². The Hall–Kier alpha value is -2.69. The quantitative estimate of drug-likeness (QED) is 0.765. The number of nitrogens with one attached hydrogen (secondary N) is 2. The molecule has 5 heteroatoms. The van der Waals surface area contributed by atoms with Gasteiger partial charge >= 0.3 is 6.03 Å². The zero-order chi connectivity index (χ0) is 17.4. The summed E-state index contributed by atoms with van der Waals surface area (Å²) in [6.07, 6.45) is 1.83. The zero-order valence-corrected chi connectivity index (χ0v) is 14.5. The van der Waals surface area contributed by atoms with E-state index in [0.717, 1.165) is 12.8 Å². The Morgan fingerprint density at radius 2 is 1.88 bits per heavy atom. The summed E-state index contributed by atoms with van der Waals surface area (Å²) in [5.41, 5.74) is 3.18. The first-order chi connectivity index (χ1) is 11.6. The summed E-state index contributed by atoms with van der Waals surface area (Å²) in [5.74, 6) is 0.717. The van der Waals surface area contributed by atoms with Crippen LogP contribution in [0.3, 0.4) is 0 Å². The fraction of sp³-hybridized carbons (Fsp3) is 0.316. The number of amides is 2. The SMILES string of the molecule is COc1cccc(NC(=O)NCCCc2ccc(N(C)C)cc2)c1. The summed E-state index contributed by atoms with van der Waals surface area (Å²) < 4.78 is 5.13. The molecular formula is C19H25N3O2. The monoisotopic (exact) mass is 327 g/mol. The lowest BCUT2D eigenvalue weighted by Gasteiger charge is -2.12. The maximum Gasteiger partial charge on any atom is 0.319 e. The lowest BCUT2D eigenvalue weighted by atomic mass is 10.1. The molecule has 0 saturated heterocycles. The molecule has 2 aromatic rings. The van der Waals surface area contributed by atoms with E-state index in [2.05, 4.69) is 39.8 Å². The predicted octanol–water partition coefficient (Wildman–Crippen LogP) is 3.52. The molecule has 0 heterocycles. The molecule has 2 amide bonds. The molecule has 2 N–H and O–H groups in total. The van der Waals surface area contributed by atoms with Crippen LogP contribution in [-0.4, -0.2) is 33.8 Å². The number of hydrogen-bond acceptors (Lipinski definition) is 3. The number of carbonyl (C=O) groups excluding carboxylic acids is 1. The van der Waals surface area contributed by atoms with Gasteiger partial charge in [-0.3, -0.25) is 0 Å². The van der Waals surface area contributed by atoms with Gasteiger partial charge in [-0.25, -0.2) is 4.79 Å². The second-order valence-electron chi connectivity index (χ2n) is 5.78. The highest BCUT2D eigenvalue weighted by atomic mass is 16.5. The number of hydrogen-bond donors (Lipinski definition) is 2. The van der Waals surface area contributed by atoms with Crippen LogP contribution in [-0.2, 0) is 6.42 Å². The van der Waals surface area contributed by atoms with Crippen molar-refractivity contribution in [2.45, 2.75) is 12.8 Å². The van der Waals surface area contributed by atoms with Gasteiger partial charge in [-0.15, -0.1) is 0 Å². The highest BCUT2D eigenvalue weighted by Gasteiger charge is 2.02. The van der Waals surface area contributed by atoms with Crippen molar-refractivity contribution in [3.8, 4) is 5.75 Å². The first-order valence-corrected chi connectivity index (χ1v) is 8.03. The third-order valence-electron chi connectivity index (χ3n) is 3.71. The molecule has 0 aliphatic carbocycles. The van der Waals surface area contributed by atoms with Gasteiger partial charge in [0.25, 0.3) is 0 Å². The van der Waals surface area contributed by atoms with Crippen LogP contribution in [0, 0.1) is 0 Å². The number of rotatable bonds is 7. The fourth-order valence-electron chi connectivity index (χ4n) is 2.33. The fourth-order valence-corrected chi connectivity index (χ4v) is 2.33. The van der Waals surface area contributed by atoms with E-state index < -0.39 is 0 Å². The van der Waals surface area contributed by atoms with E-state index in [-0.39, 0.29) is 6.03 Å². The Bertz CT molecular complexity index is 654. The molecule has 0 saturated carbocycles. The van der Waals surface area contributed by atoms with Crippen molar-refractivity contribution in [3.05, 3.63) is 54.1 Å². The molecule has 0 aliphatic rings. The van der Waals surface area contributed by atoms with Crippen molar-refractivity contribution >= 4 is 17.4 Å². The van der Waals surface area contributed by atoms with Gasteiger partial charge in [-0.1, -0.05) is 18.2 Å². The highest BCUT2D eigenvalue weighted by molar-refractivity contribution is 5.89. The van der Waals surface area contributed by atoms with Crippen LogP contribution in [0.1, 0.15) is 12.0 Å². The highest BCUT2D eigenvalue weighted by Crippen LogP contribution is 2.16. The summed E-state index contributed by atoms with van der Waals surface area (Å²) in [6, 6.07) is 15.6. The Balaban J connectivity index is 1.70. The third kappa shape index (κ3) is 5.50. The molecule has 0 aliphatic heterocycles. The Kier molecular flexibility index (Phi) is 6.49. The number of carbonyl (C=O) groups is 1. The van der Waals surface area contributed by atoms with Crippen molar-refractivity contribution in [2.24, 2.45) is 0 Å². The second-order valence-corrected chi connectivity index (χ2v) is 5.78. The summed E-state index contributed by atoms with van der Waals surface area (Å²) in [6.45, 7) is 0.630. The summed E-state index contributed by atoms with van der Waals surface area (Å²) >= 11 is 0. The minimum atomic E-state index is -0.203.